The van der Waals surface area contributed by atoms with Gasteiger partial charge in [-0.05, 0) is 85.6 Å². The van der Waals surface area contributed by atoms with Gasteiger partial charge in [0.2, 0.25) is 11.8 Å². The third kappa shape index (κ3) is 27.0. The molecule has 1 saturated carbocycles. The monoisotopic (exact) mass is 929 g/mol. The Kier molecular flexibility index (Phi) is 26.6. The van der Waals surface area contributed by atoms with Crippen molar-refractivity contribution in [1.82, 2.24) is 40.9 Å². The highest BCUT2D eigenvalue weighted by Crippen LogP contribution is 2.31. The molecule has 0 bridgehead atoms. The van der Waals surface area contributed by atoms with Gasteiger partial charge in [0, 0.05) is 83.5 Å². The van der Waals surface area contributed by atoms with E-state index in [1.807, 2.05) is 53.6 Å². The minimum absolute atomic E-state index is 0.00423. The predicted molar refractivity (Wildman–Crippen MR) is 247 cm³/mol. The number of quaternary nitrogens is 1. The number of carboxylic acid groups (broad SMARTS) is 3. The molecule has 0 aromatic carbocycles. The van der Waals surface area contributed by atoms with Gasteiger partial charge in [0.15, 0.2) is 6.54 Å². The second-order valence-electron chi connectivity index (χ2n) is 19.7. The van der Waals surface area contributed by atoms with Gasteiger partial charge in [-0.3, -0.25) is 48.4 Å². The van der Waals surface area contributed by atoms with Crippen LogP contribution in [0, 0.1) is 11.8 Å². The summed E-state index contributed by atoms with van der Waals surface area (Å²) < 4.78 is 6.19. The van der Waals surface area contributed by atoms with Crippen LogP contribution in [0.3, 0.4) is 0 Å². The molecule has 9 N–H and O–H groups in total. The summed E-state index contributed by atoms with van der Waals surface area (Å²) in [6, 6.07) is 0.0800. The van der Waals surface area contributed by atoms with Crippen molar-refractivity contribution in [3.8, 4) is 0 Å². The van der Waals surface area contributed by atoms with Crippen molar-refractivity contribution >= 4 is 35.6 Å². The molecule has 1 saturated heterocycles. The van der Waals surface area contributed by atoms with Crippen molar-refractivity contribution in [3.63, 3.8) is 0 Å². The van der Waals surface area contributed by atoms with Gasteiger partial charge in [0.05, 0.1) is 58.0 Å². The minimum Gasteiger partial charge on any atom is -0.480 e. The molecule has 0 spiro atoms. The lowest BCUT2D eigenvalue weighted by molar-refractivity contribution is -0.869. The maximum absolute atomic E-state index is 13.4. The molecule has 0 radical (unpaired) electrons. The van der Waals surface area contributed by atoms with E-state index in [2.05, 4.69) is 21.3 Å². The van der Waals surface area contributed by atoms with Crippen LogP contribution in [0.2, 0.25) is 0 Å². The molecule has 2 aliphatic rings. The van der Waals surface area contributed by atoms with Gasteiger partial charge in [0.1, 0.15) is 0 Å². The summed E-state index contributed by atoms with van der Waals surface area (Å²) in [5.74, 6) is -2.43. The number of rotatable bonds is 27. The van der Waals surface area contributed by atoms with E-state index < -0.39 is 35.2 Å². The molecule has 65 heavy (non-hydrogen) atoms. The highest BCUT2D eigenvalue weighted by atomic mass is 16.5. The topological polar surface area (TPSA) is 258 Å². The number of aliphatic carboxylic acids is 3. The summed E-state index contributed by atoms with van der Waals surface area (Å²) in [6.45, 7) is 13.6. The van der Waals surface area contributed by atoms with E-state index in [1.165, 1.54) is 6.42 Å². The van der Waals surface area contributed by atoms with E-state index in [-0.39, 0.29) is 69.5 Å². The Balaban J connectivity index is 1.76. The lowest BCUT2D eigenvalue weighted by Gasteiger charge is -2.34. The zero-order valence-corrected chi connectivity index (χ0v) is 40.6. The highest BCUT2D eigenvalue weighted by molar-refractivity contribution is 5.79. The summed E-state index contributed by atoms with van der Waals surface area (Å²) in [4.78, 5) is 81.6. The largest absolute Gasteiger partial charge is 0.480 e. The molecular formula is C45H86N9O11+. The molecule has 1 aliphatic carbocycles. The first-order chi connectivity index (χ1) is 30.5. The number of aliphatic hydroxyl groups is 1. The van der Waals surface area contributed by atoms with Gasteiger partial charge < -0.3 is 51.3 Å². The van der Waals surface area contributed by atoms with Gasteiger partial charge >= 0.3 is 17.9 Å². The SMILES string of the molecule is CN[C@H](CC1CCCCC(CNC(=O)C[NH+](C)CCNC(=O)CCC(C)(C)OCCC(C)(C)NC(=O)CN2CCN(CC(=O)O)CCN(CC(=O)O)CCN(CC(=O)O)CC2)C1)C(C)O. The Hall–Kier alpha value is -3.50. The number of amides is 3. The maximum Gasteiger partial charge on any atom is 0.317 e. The Morgan fingerprint density at radius 3 is 1.68 bits per heavy atom. The van der Waals surface area contributed by atoms with Crippen LogP contribution < -0.4 is 26.2 Å². The minimum atomic E-state index is -1.03. The lowest BCUT2D eigenvalue weighted by Crippen LogP contribution is -3.11. The molecule has 20 nitrogen and oxygen atoms in total. The first kappa shape index (κ1) is 57.6. The highest BCUT2D eigenvalue weighted by Gasteiger charge is 2.28. The van der Waals surface area contributed by atoms with Gasteiger partial charge in [-0.25, -0.2) is 0 Å². The fraction of sp³-hybridized carbons (Fsp3) is 0.867. The number of aliphatic hydroxyl groups excluding tert-OH is 1. The first-order valence-electron chi connectivity index (χ1n) is 23.7. The summed E-state index contributed by atoms with van der Waals surface area (Å²) in [5.41, 5.74) is -1.25. The van der Waals surface area contributed by atoms with Crippen molar-refractivity contribution in [2.45, 2.75) is 116 Å². The molecule has 20 heteroatoms. The number of hydrogen-bond donors (Lipinski definition) is 9. The van der Waals surface area contributed by atoms with Gasteiger partial charge in [0.25, 0.3) is 5.91 Å². The number of carbonyl (C=O) groups excluding carboxylic acids is 3. The van der Waals surface area contributed by atoms with Crippen LogP contribution in [-0.2, 0) is 33.5 Å². The van der Waals surface area contributed by atoms with E-state index in [0.29, 0.717) is 96.7 Å². The number of carbonyl (C=O) groups is 6. The Morgan fingerprint density at radius 1 is 0.708 bits per heavy atom. The number of nitrogens with one attached hydrogen (secondary N) is 5. The van der Waals surface area contributed by atoms with Crippen LogP contribution in [0.25, 0.3) is 0 Å². The molecule has 3 amide bonds. The molecule has 0 aromatic rings. The smallest absolute Gasteiger partial charge is 0.317 e. The number of hydrogen-bond acceptors (Lipinski definition) is 13. The zero-order chi connectivity index (χ0) is 48.6. The average molecular weight is 929 g/mol. The molecule has 4 unspecified atom stereocenters. The molecule has 0 aromatic heterocycles. The van der Waals surface area contributed by atoms with Crippen molar-refractivity contribution in [2.75, 3.05) is 125 Å². The summed E-state index contributed by atoms with van der Waals surface area (Å²) in [6.07, 6.45) is 7.44. The Labute approximate surface area is 387 Å². The molecule has 376 valence electrons. The van der Waals surface area contributed by atoms with E-state index in [0.717, 1.165) is 37.0 Å². The molecule has 5 atom stereocenters. The molecule has 2 fully saturated rings. The number of carboxylic acids is 3. The molecule has 2 rings (SSSR count). The quantitative estimate of drug-likeness (QED) is 0.0431. The molecule has 1 aliphatic heterocycles. The zero-order valence-electron chi connectivity index (χ0n) is 40.6. The fourth-order valence-corrected chi connectivity index (χ4v) is 8.61. The average Bonchev–Trinajstić information content (AvgIpc) is 3.43. The van der Waals surface area contributed by atoms with Crippen LogP contribution in [0.1, 0.15) is 92.4 Å². The van der Waals surface area contributed by atoms with E-state index in [9.17, 15) is 49.2 Å². The summed E-state index contributed by atoms with van der Waals surface area (Å²) in [5, 5.41) is 50.9. The molecular weight excluding hydrogens is 843 g/mol. The van der Waals surface area contributed by atoms with Crippen LogP contribution in [-0.4, -0.2) is 224 Å². The number of nitrogens with zero attached hydrogens (tertiary/aromatic N) is 4. The van der Waals surface area contributed by atoms with Crippen molar-refractivity contribution < 1.29 is 58.8 Å². The van der Waals surface area contributed by atoms with Gasteiger partial charge in [-0.1, -0.05) is 19.3 Å². The Bertz CT molecular complexity index is 1440. The Morgan fingerprint density at radius 2 is 1.20 bits per heavy atom. The predicted octanol–water partition coefficient (Wildman–Crippen LogP) is -1.38. The maximum atomic E-state index is 13.4. The standard InChI is InChI=1S/C45H85N9O11/c1-34(55)37(46-6)27-35-10-8-9-11-36(26-35)28-48-39(57)29-50(7)16-15-47-38(56)12-13-45(4,5)65-25-14-44(2,3)49-40(58)30-51-17-19-52(31-41(59)60)21-23-54(33-43(63)64)24-22-53(20-18-51)32-42(61)62/h34-37,46,55H,8-33H2,1-7H3,(H,47,56)(H,48,57)(H,49,58)(H,59,60)(H,61,62)(H,63,64)/p+1/t34?,35?,36?,37-/m1/s1. The van der Waals surface area contributed by atoms with Gasteiger partial charge in [-0.15, -0.1) is 0 Å². The van der Waals surface area contributed by atoms with E-state index in [4.69, 9.17) is 4.74 Å². The normalized spacial score (nSPS) is 20.9. The first-order valence-corrected chi connectivity index (χ1v) is 23.7. The fourth-order valence-electron chi connectivity index (χ4n) is 8.61. The van der Waals surface area contributed by atoms with Gasteiger partial charge in [-0.2, -0.15) is 0 Å². The summed E-state index contributed by atoms with van der Waals surface area (Å²) in [7, 11) is 3.84. The van der Waals surface area contributed by atoms with Crippen LogP contribution >= 0.6 is 0 Å². The van der Waals surface area contributed by atoms with Crippen LogP contribution in [0.4, 0.5) is 0 Å². The van der Waals surface area contributed by atoms with Crippen molar-refractivity contribution in [1.29, 1.82) is 0 Å². The van der Waals surface area contributed by atoms with Crippen LogP contribution in [0.15, 0.2) is 0 Å². The van der Waals surface area contributed by atoms with E-state index in [1.54, 1.807) is 14.7 Å². The molecule has 1 heterocycles. The third-order valence-electron chi connectivity index (χ3n) is 12.6. The van der Waals surface area contributed by atoms with E-state index >= 15 is 0 Å². The van der Waals surface area contributed by atoms with Crippen molar-refractivity contribution in [2.24, 2.45) is 11.8 Å². The van der Waals surface area contributed by atoms with Crippen LogP contribution in [0.5, 0.6) is 0 Å². The number of likely N-dealkylation sites (N-methyl/N-ethyl adjacent to an activating group) is 2. The lowest BCUT2D eigenvalue weighted by atomic mass is 9.87. The summed E-state index contributed by atoms with van der Waals surface area (Å²) >= 11 is 0. The van der Waals surface area contributed by atoms with Crippen molar-refractivity contribution in [3.05, 3.63) is 0 Å². The number of ether oxygens (including phenoxy) is 1. The second kappa shape index (κ2) is 30.0. The second-order valence-corrected chi connectivity index (χ2v) is 19.7. The third-order valence-corrected chi connectivity index (χ3v) is 12.6.